The lowest BCUT2D eigenvalue weighted by Gasteiger charge is -2.13. The lowest BCUT2D eigenvalue weighted by atomic mass is 10.0. The minimum atomic E-state index is -4.54. The number of alkyl halides is 3. The van der Waals surface area contributed by atoms with Crippen molar-refractivity contribution >= 4 is 25.7 Å². The molecule has 0 heterocycles. The molecule has 0 saturated carbocycles. The summed E-state index contributed by atoms with van der Waals surface area (Å²) in [6.07, 6.45) is -4.54. The number of hydrogen-bond acceptors (Lipinski definition) is 4. The molecule has 0 spiro atoms. The quantitative estimate of drug-likeness (QED) is 0.601. The Hall–Kier alpha value is -2.89. The van der Waals surface area contributed by atoms with Crippen LogP contribution >= 0.6 is 0 Å². The molecule has 0 fully saturated rings. The fourth-order valence-corrected chi connectivity index (χ4v) is 4.60. The van der Waals surface area contributed by atoms with E-state index in [9.17, 15) is 30.0 Å². The Morgan fingerprint density at radius 1 is 0.800 bits per heavy atom. The maximum atomic E-state index is 13.0. The molecule has 6 nitrogen and oxygen atoms in total. The standard InChI is InChI=1S/C19H15F3N2O4S2.H2/c20-19(21,22)15-7-3-5-13(11-15)14-6-4-8-16(12-14)30(27,28)24-17-9-1-2-10-18(17)29(23,25)26;/h1-12,24H,(H2,23,25,26);1H. The van der Waals surface area contributed by atoms with Crippen molar-refractivity contribution < 1.29 is 31.4 Å². The van der Waals surface area contributed by atoms with Gasteiger partial charge in [0.05, 0.1) is 16.1 Å². The number of rotatable bonds is 5. The Morgan fingerprint density at radius 3 is 2.03 bits per heavy atom. The smallest absolute Gasteiger partial charge is 0.278 e. The predicted molar refractivity (Wildman–Crippen MR) is 108 cm³/mol. The number of anilines is 1. The highest BCUT2D eigenvalue weighted by atomic mass is 32.2. The Bertz CT molecular complexity index is 1310. The number of halogens is 3. The minimum absolute atomic E-state index is 0. The van der Waals surface area contributed by atoms with Crippen molar-refractivity contribution in [1.29, 1.82) is 0 Å². The van der Waals surface area contributed by atoms with Gasteiger partial charge in [-0.05, 0) is 47.5 Å². The lowest BCUT2D eigenvalue weighted by Crippen LogP contribution is -2.18. The van der Waals surface area contributed by atoms with Gasteiger partial charge in [-0.15, -0.1) is 0 Å². The van der Waals surface area contributed by atoms with Gasteiger partial charge in [0.1, 0.15) is 4.90 Å². The van der Waals surface area contributed by atoms with Gasteiger partial charge < -0.3 is 0 Å². The molecule has 3 N–H and O–H groups in total. The molecule has 3 aromatic carbocycles. The van der Waals surface area contributed by atoms with E-state index in [0.717, 1.165) is 18.2 Å². The molecule has 30 heavy (non-hydrogen) atoms. The average molecular weight is 458 g/mol. The summed E-state index contributed by atoms with van der Waals surface area (Å²) in [5.41, 5.74) is -0.701. The van der Waals surface area contributed by atoms with E-state index in [1.165, 1.54) is 54.6 Å². The zero-order valence-corrected chi connectivity index (χ0v) is 16.7. The van der Waals surface area contributed by atoms with E-state index in [0.29, 0.717) is 0 Å². The average Bonchev–Trinajstić information content (AvgIpc) is 2.67. The molecule has 11 heteroatoms. The zero-order valence-electron chi connectivity index (χ0n) is 15.1. The van der Waals surface area contributed by atoms with E-state index in [1.54, 1.807) is 0 Å². The molecular formula is C19H17F3N2O4S2. The molecule has 3 aromatic rings. The van der Waals surface area contributed by atoms with Crippen LogP contribution in [0.2, 0.25) is 0 Å². The Morgan fingerprint density at radius 2 is 1.40 bits per heavy atom. The zero-order chi connectivity index (χ0) is 22.2. The maximum absolute atomic E-state index is 13.0. The van der Waals surface area contributed by atoms with Gasteiger partial charge in [0.25, 0.3) is 10.0 Å². The summed E-state index contributed by atoms with van der Waals surface area (Å²) in [7, 11) is -8.45. The van der Waals surface area contributed by atoms with Gasteiger partial charge in [-0.2, -0.15) is 13.2 Å². The van der Waals surface area contributed by atoms with Gasteiger partial charge in [0, 0.05) is 1.43 Å². The Kier molecular flexibility index (Phi) is 5.63. The van der Waals surface area contributed by atoms with Crippen molar-refractivity contribution in [2.45, 2.75) is 16.0 Å². The molecule has 0 unspecified atom stereocenters. The highest BCUT2D eigenvalue weighted by molar-refractivity contribution is 7.93. The second kappa shape index (κ2) is 7.74. The van der Waals surface area contributed by atoms with Crippen molar-refractivity contribution in [1.82, 2.24) is 0 Å². The fraction of sp³-hybridized carbons (Fsp3) is 0.0526. The number of benzene rings is 3. The first-order valence-electron chi connectivity index (χ1n) is 8.30. The molecule has 0 aliphatic heterocycles. The summed E-state index contributed by atoms with van der Waals surface area (Å²) in [4.78, 5) is -0.677. The van der Waals surface area contributed by atoms with E-state index in [1.807, 2.05) is 0 Å². The van der Waals surface area contributed by atoms with E-state index < -0.39 is 36.7 Å². The number of para-hydroxylation sites is 1. The highest BCUT2D eigenvalue weighted by Crippen LogP contribution is 2.33. The summed E-state index contributed by atoms with van der Waals surface area (Å²) in [5, 5.41) is 5.11. The molecule has 0 amide bonds. The molecule has 0 aromatic heterocycles. The van der Waals surface area contributed by atoms with Crippen LogP contribution in [-0.4, -0.2) is 16.8 Å². The minimum Gasteiger partial charge on any atom is -0.278 e. The monoisotopic (exact) mass is 458 g/mol. The van der Waals surface area contributed by atoms with Gasteiger partial charge in [-0.3, -0.25) is 4.72 Å². The third-order valence-corrected chi connectivity index (χ3v) is 6.44. The maximum Gasteiger partial charge on any atom is 0.416 e. The van der Waals surface area contributed by atoms with Crippen LogP contribution in [0.1, 0.15) is 6.99 Å². The van der Waals surface area contributed by atoms with Crippen molar-refractivity contribution in [3.8, 4) is 11.1 Å². The van der Waals surface area contributed by atoms with Crippen LogP contribution in [0.25, 0.3) is 11.1 Å². The summed E-state index contributed by atoms with van der Waals surface area (Å²) in [6.45, 7) is 0. The SMILES string of the molecule is NS(=O)(=O)c1ccccc1NS(=O)(=O)c1cccc(-c2cccc(C(F)(F)F)c2)c1.[HH]. The molecule has 0 radical (unpaired) electrons. The van der Waals surface area contributed by atoms with Crippen LogP contribution < -0.4 is 9.86 Å². The van der Waals surface area contributed by atoms with Gasteiger partial charge >= 0.3 is 6.18 Å². The van der Waals surface area contributed by atoms with Gasteiger partial charge in [0.15, 0.2) is 0 Å². The van der Waals surface area contributed by atoms with Crippen LogP contribution in [0.3, 0.4) is 0 Å². The largest absolute Gasteiger partial charge is 0.416 e. The number of nitrogens with one attached hydrogen (secondary N) is 1. The summed E-state index contributed by atoms with van der Waals surface area (Å²) >= 11 is 0. The van der Waals surface area contributed by atoms with Gasteiger partial charge in [0.2, 0.25) is 10.0 Å². The van der Waals surface area contributed by atoms with Crippen LogP contribution in [0.4, 0.5) is 18.9 Å². The summed E-state index contributed by atoms with van der Waals surface area (Å²) in [5.74, 6) is 0. The molecule has 0 aliphatic carbocycles. The normalized spacial score (nSPS) is 12.5. The third kappa shape index (κ3) is 4.81. The first kappa shape index (κ1) is 21.8. The van der Waals surface area contributed by atoms with Gasteiger partial charge in [-0.25, -0.2) is 22.0 Å². The lowest BCUT2D eigenvalue weighted by molar-refractivity contribution is -0.137. The summed E-state index contributed by atoms with van der Waals surface area (Å²) in [6, 6.07) is 14.9. The molecule has 0 saturated heterocycles. The fourth-order valence-electron chi connectivity index (χ4n) is 2.72. The van der Waals surface area contributed by atoms with Crippen LogP contribution in [-0.2, 0) is 26.2 Å². The van der Waals surface area contributed by atoms with E-state index in [-0.39, 0.29) is 23.1 Å². The number of hydrogen-bond donors (Lipinski definition) is 2. The van der Waals surface area contributed by atoms with Gasteiger partial charge in [-0.1, -0.05) is 36.4 Å². The van der Waals surface area contributed by atoms with Crippen LogP contribution in [0.5, 0.6) is 0 Å². The van der Waals surface area contributed by atoms with Crippen molar-refractivity contribution in [3.05, 3.63) is 78.4 Å². The van der Waals surface area contributed by atoms with Crippen LogP contribution in [0, 0.1) is 0 Å². The molecule has 0 bridgehead atoms. The Labute approximate surface area is 172 Å². The topological polar surface area (TPSA) is 106 Å². The number of primary sulfonamides is 1. The second-order valence-corrected chi connectivity index (χ2v) is 9.47. The molecule has 3 rings (SSSR count). The predicted octanol–water partition coefficient (Wildman–Crippen LogP) is 4.07. The molecular weight excluding hydrogens is 441 g/mol. The highest BCUT2D eigenvalue weighted by Gasteiger charge is 2.30. The molecule has 0 atom stereocenters. The van der Waals surface area contributed by atoms with Crippen LogP contribution in [0.15, 0.2) is 82.6 Å². The summed E-state index contributed by atoms with van der Waals surface area (Å²) < 4.78 is 89.9. The van der Waals surface area contributed by atoms with E-state index >= 15 is 0 Å². The first-order valence-corrected chi connectivity index (χ1v) is 11.3. The number of nitrogens with two attached hydrogens (primary N) is 1. The Balaban J connectivity index is 0.00000341. The second-order valence-electron chi connectivity index (χ2n) is 6.25. The molecule has 160 valence electrons. The molecule has 0 aliphatic rings. The third-order valence-electron chi connectivity index (χ3n) is 4.11. The van der Waals surface area contributed by atoms with Crippen molar-refractivity contribution in [3.63, 3.8) is 0 Å². The van der Waals surface area contributed by atoms with Crippen molar-refractivity contribution in [2.24, 2.45) is 5.14 Å². The van der Waals surface area contributed by atoms with E-state index in [2.05, 4.69) is 4.72 Å². The first-order chi connectivity index (χ1) is 13.9. The number of sulfonamides is 2. The van der Waals surface area contributed by atoms with Crippen molar-refractivity contribution in [2.75, 3.05) is 4.72 Å². The van der Waals surface area contributed by atoms with E-state index in [4.69, 9.17) is 5.14 Å².